The van der Waals surface area contributed by atoms with Crippen LogP contribution in [-0.4, -0.2) is 58.9 Å². The number of carbonyl (C=O) groups is 2. The summed E-state index contributed by atoms with van der Waals surface area (Å²) >= 11 is 0. The molecule has 8 heteroatoms. The van der Waals surface area contributed by atoms with E-state index in [2.05, 4.69) is 0 Å². The summed E-state index contributed by atoms with van der Waals surface area (Å²) in [6.07, 6.45) is 2.18. The van der Waals surface area contributed by atoms with E-state index in [4.69, 9.17) is 23.7 Å². The Morgan fingerprint density at radius 2 is 1.62 bits per heavy atom. The van der Waals surface area contributed by atoms with Gasteiger partial charge in [-0.15, -0.1) is 0 Å². The Hall–Kier alpha value is -3.94. The summed E-state index contributed by atoms with van der Waals surface area (Å²) in [6.45, 7) is 2.11. The van der Waals surface area contributed by atoms with Gasteiger partial charge in [-0.1, -0.05) is 18.2 Å². The van der Waals surface area contributed by atoms with Crippen LogP contribution in [0.15, 0.2) is 53.2 Å². The van der Waals surface area contributed by atoms with Crippen LogP contribution in [0.4, 0.5) is 0 Å². The summed E-state index contributed by atoms with van der Waals surface area (Å²) in [5.74, 6) is 1.37. The van der Waals surface area contributed by atoms with Crippen LogP contribution >= 0.6 is 0 Å². The van der Waals surface area contributed by atoms with Crippen molar-refractivity contribution in [2.24, 2.45) is 0 Å². The lowest BCUT2D eigenvalue weighted by atomic mass is 10.0. The van der Waals surface area contributed by atoms with Gasteiger partial charge in [0.1, 0.15) is 0 Å². The molecule has 0 aromatic heterocycles. The number of allylic oxidation sites excluding steroid dienone is 1. The molecule has 0 atom stereocenters. The SMILES string of the molecule is COC(=O)C1=C(C)N(CCc2ccc(OC)c(OC)c2)C(=O)/C1=C\c1cccc(OC)c1OC. The van der Waals surface area contributed by atoms with Crippen LogP contribution in [0.2, 0.25) is 0 Å². The predicted molar refractivity (Wildman–Crippen MR) is 127 cm³/mol. The van der Waals surface area contributed by atoms with Crippen LogP contribution in [0.25, 0.3) is 6.08 Å². The van der Waals surface area contributed by atoms with Crippen LogP contribution in [0.3, 0.4) is 0 Å². The van der Waals surface area contributed by atoms with Gasteiger partial charge in [0.05, 0.1) is 46.7 Å². The van der Waals surface area contributed by atoms with Gasteiger partial charge in [-0.05, 0) is 43.2 Å². The van der Waals surface area contributed by atoms with Gasteiger partial charge in [-0.2, -0.15) is 0 Å². The highest BCUT2D eigenvalue weighted by atomic mass is 16.5. The average molecular weight is 468 g/mol. The van der Waals surface area contributed by atoms with Crippen molar-refractivity contribution >= 4 is 18.0 Å². The van der Waals surface area contributed by atoms with Gasteiger partial charge >= 0.3 is 5.97 Å². The molecule has 8 nitrogen and oxygen atoms in total. The molecule has 1 aliphatic heterocycles. The summed E-state index contributed by atoms with van der Waals surface area (Å²) in [5.41, 5.74) is 2.57. The third-order valence-electron chi connectivity index (χ3n) is 5.71. The zero-order valence-electron chi connectivity index (χ0n) is 20.3. The smallest absolute Gasteiger partial charge is 0.340 e. The van der Waals surface area contributed by atoms with Crippen molar-refractivity contribution in [3.8, 4) is 23.0 Å². The molecular formula is C26H29NO7. The molecule has 0 aliphatic carbocycles. The van der Waals surface area contributed by atoms with Crippen LogP contribution in [0.1, 0.15) is 18.1 Å². The van der Waals surface area contributed by atoms with E-state index in [-0.39, 0.29) is 17.1 Å². The third-order valence-corrected chi connectivity index (χ3v) is 5.71. The number of hydrogen-bond acceptors (Lipinski definition) is 7. The molecule has 0 unspecified atom stereocenters. The lowest BCUT2D eigenvalue weighted by Crippen LogP contribution is -2.27. The number of methoxy groups -OCH3 is 5. The second kappa shape index (κ2) is 10.8. The molecule has 0 N–H and O–H groups in total. The van der Waals surface area contributed by atoms with E-state index in [1.165, 1.54) is 21.3 Å². The second-order valence-corrected chi connectivity index (χ2v) is 7.49. The normalized spacial score (nSPS) is 14.5. The minimum Gasteiger partial charge on any atom is -0.493 e. The Kier molecular flexibility index (Phi) is 7.83. The quantitative estimate of drug-likeness (QED) is 0.411. The molecule has 3 rings (SSSR count). The number of nitrogens with zero attached hydrogens (tertiary/aromatic N) is 1. The topological polar surface area (TPSA) is 83.5 Å². The number of benzene rings is 2. The highest BCUT2D eigenvalue weighted by molar-refractivity contribution is 6.16. The van der Waals surface area contributed by atoms with Crippen LogP contribution < -0.4 is 18.9 Å². The third kappa shape index (κ3) is 4.71. The number of carbonyl (C=O) groups excluding carboxylic acids is 2. The number of ether oxygens (including phenoxy) is 5. The molecule has 0 saturated heterocycles. The summed E-state index contributed by atoms with van der Waals surface area (Å²) in [5, 5.41) is 0. The first-order chi connectivity index (χ1) is 16.4. The lowest BCUT2D eigenvalue weighted by Gasteiger charge is -2.18. The van der Waals surface area contributed by atoms with E-state index in [9.17, 15) is 9.59 Å². The summed E-state index contributed by atoms with van der Waals surface area (Å²) in [4.78, 5) is 27.7. The Morgan fingerprint density at radius 1 is 0.912 bits per heavy atom. The maximum absolute atomic E-state index is 13.4. The van der Waals surface area contributed by atoms with E-state index in [1.807, 2.05) is 18.2 Å². The van der Waals surface area contributed by atoms with Crippen LogP contribution in [0, 0.1) is 0 Å². The van der Waals surface area contributed by atoms with Gasteiger partial charge in [0.2, 0.25) is 0 Å². The van der Waals surface area contributed by atoms with Gasteiger partial charge in [0.15, 0.2) is 23.0 Å². The molecule has 1 heterocycles. The molecular weight excluding hydrogens is 438 g/mol. The largest absolute Gasteiger partial charge is 0.493 e. The molecule has 1 amide bonds. The van der Waals surface area contributed by atoms with Crippen molar-refractivity contribution < 1.29 is 33.3 Å². The zero-order valence-corrected chi connectivity index (χ0v) is 20.3. The average Bonchev–Trinajstić information content (AvgIpc) is 3.10. The fourth-order valence-corrected chi connectivity index (χ4v) is 3.96. The maximum Gasteiger partial charge on any atom is 0.340 e. The molecule has 0 saturated carbocycles. The molecule has 0 radical (unpaired) electrons. The van der Waals surface area contributed by atoms with Crippen molar-refractivity contribution in [1.29, 1.82) is 0 Å². The van der Waals surface area contributed by atoms with E-state index in [0.29, 0.717) is 47.2 Å². The molecule has 0 spiro atoms. The maximum atomic E-state index is 13.4. The fourth-order valence-electron chi connectivity index (χ4n) is 3.96. The van der Waals surface area contributed by atoms with Gasteiger partial charge in [0, 0.05) is 17.8 Å². The van der Waals surface area contributed by atoms with Gasteiger partial charge in [-0.25, -0.2) is 4.79 Å². The Bertz CT molecular complexity index is 1150. The van der Waals surface area contributed by atoms with E-state index in [0.717, 1.165) is 5.56 Å². The predicted octanol–water partition coefficient (Wildman–Crippen LogP) is 3.64. The van der Waals surface area contributed by atoms with Crippen molar-refractivity contribution in [2.45, 2.75) is 13.3 Å². The lowest BCUT2D eigenvalue weighted by molar-refractivity contribution is -0.136. The molecule has 180 valence electrons. The highest BCUT2D eigenvalue weighted by Gasteiger charge is 2.37. The van der Waals surface area contributed by atoms with Crippen LogP contribution in [0.5, 0.6) is 23.0 Å². The van der Waals surface area contributed by atoms with Gasteiger partial charge < -0.3 is 28.6 Å². The molecule has 34 heavy (non-hydrogen) atoms. The monoisotopic (exact) mass is 467 g/mol. The molecule has 2 aromatic rings. The number of amides is 1. The zero-order chi connectivity index (χ0) is 24.8. The molecule has 0 fully saturated rings. The first-order valence-electron chi connectivity index (χ1n) is 10.6. The number of esters is 1. The summed E-state index contributed by atoms with van der Waals surface area (Å²) < 4.78 is 26.5. The first-order valence-corrected chi connectivity index (χ1v) is 10.6. The van der Waals surface area contributed by atoms with Crippen molar-refractivity contribution in [3.63, 3.8) is 0 Å². The minimum atomic E-state index is -0.576. The second-order valence-electron chi connectivity index (χ2n) is 7.49. The van der Waals surface area contributed by atoms with Crippen LogP contribution in [-0.2, 0) is 20.7 Å². The minimum absolute atomic E-state index is 0.227. The first kappa shape index (κ1) is 24.7. The van der Waals surface area contributed by atoms with Crippen molar-refractivity contribution in [2.75, 3.05) is 42.1 Å². The Balaban J connectivity index is 1.96. The molecule has 1 aliphatic rings. The summed E-state index contributed by atoms with van der Waals surface area (Å²) in [7, 11) is 7.51. The number of hydrogen-bond donors (Lipinski definition) is 0. The fraction of sp³-hybridized carbons (Fsp3) is 0.308. The number of rotatable bonds is 9. The number of para-hydroxylation sites is 1. The Labute approximate surface area is 199 Å². The Morgan fingerprint density at radius 3 is 2.24 bits per heavy atom. The van der Waals surface area contributed by atoms with E-state index >= 15 is 0 Å². The molecule has 2 aromatic carbocycles. The molecule has 0 bridgehead atoms. The van der Waals surface area contributed by atoms with Crippen molar-refractivity contribution in [3.05, 3.63) is 64.4 Å². The van der Waals surface area contributed by atoms with Crippen molar-refractivity contribution in [1.82, 2.24) is 4.90 Å². The van der Waals surface area contributed by atoms with Gasteiger partial charge in [0.25, 0.3) is 5.91 Å². The summed E-state index contributed by atoms with van der Waals surface area (Å²) in [6, 6.07) is 10.9. The van der Waals surface area contributed by atoms with E-state index in [1.54, 1.807) is 50.3 Å². The standard InChI is InChI=1S/C26H29NO7/c1-16-23(26(29)34-6)19(15-18-8-7-9-21(31-3)24(18)33-5)25(28)27(16)13-12-17-10-11-20(30-2)22(14-17)32-4/h7-11,14-15H,12-13H2,1-6H3/b19-15-. The van der Waals surface area contributed by atoms with E-state index < -0.39 is 5.97 Å². The van der Waals surface area contributed by atoms with Gasteiger partial charge in [-0.3, -0.25) is 4.79 Å². The highest BCUT2D eigenvalue weighted by Crippen LogP contribution is 2.37.